The second-order valence-corrected chi connectivity index (χ2v) is 4.01. The monoisotopic (exact) mass is 219 g/mol. The van der Waals surface area contributed by atoms with Crippen molar-refractivity contribution < 1.29 is 9.84 Å². The Balaban J connectivity index is 3.07. The summed E-state index contributed by atoms with van der Waals surface area (Å²) in [7, 11) is 1.64. The maximum absolute atomic E-state index is 9.74. The first-order valence-corrected chi connectivity index (χ1v) is 5.29. The molecule has 1 aromatic rings. The first-order chi connectivity index (χ1) is 7.60. The van der Waals surface area contributed by atoms with E-state index in [2.05, 4.69) is 18.7 Å². The second-order valence-electron chi connectivity index (χ2n) is 4.01. The highest BCUT2D eigenvalue weighted by Crippen LogP contribution is 2.29. The predicted octanol–water partition coefficient (Wildman–Crippen LogP) is 2.77. The molecule has 3 nitrogen and oxygen atoms in total. The number of nitrogens with zero attached hydrogens (tertiary/aromatic N) is 1. The SMILES string of the molecule is [C-]#[N+]CC(O)c1ccc(OC)c(C(C)C)c1. The van der Waals surface area contributed by atoms with Crippen LogP contribution in [-0.4, -0.2) is 18.8 Å². The molecule has 0 radical (unpaired) electrons. The summed E-state index contributed by atoms with van der Waals surface area (Å²) >= 11 is 0. The van der Waals surface area contributed by atoms with E-state index in [1.165, 1.54) is 0 Å². The van der Waals surface area contributed by atoms with Crippen molar-refractivity contribution in [2.75, 3.05) is 13.7 Å². The molecule has 1 unspecified atom stereocenters. The minimum atomic E-state index is -0.707. The molecule has 1 atom stereocenters. The molecule has 0 bridgehead atoms. The summed E-state index contributed by atoms with van der Waals surface area (Å²) in [6, 6.07) is 5.57. The van der Waals surface area contributed by atoms with Crippen molar-refractivity contribution in [3.8, 4) is 5.75 Å². The summed E-state index contributed by atoms with van der Waals surface area (Å²) in [6.07, 6.45) is -0.707. The van der Waals surface area contributed by atoms with Gasteiger partial charge in [-0.05, 0) is 29.2 Å². The highest BCUT2D eigenvalue weighted by atomic mass is 16.5. The Labute approximate surface area is 96.5 Å². The molecule has 1 aromatic carbocycles. The third-order valence-corrected chi connectivity index (χ3v) is 2.52. The van der Waals surface area contributed by atoms with Gasteiger partial charge < -0.3 is 14.7 Å². The van der Waals surface area contributed by atoms with E-state index in [1.54, 1.807) is 13.2 Å². The standard InChI is InChI=1S/C13H17NO2/c1-9(2)11-7-10(12(15)8-14-3)5-6-13(11)16-4/h5-7,9,12,15H,8H2,1-2,4H3. The van der Waals surface area contributed by atoms with Crippen molar-refractivity contribution in [1.82, 2.24) is 0 Å². The number of ether oxygens (including phenoxy) is 1. The zero-order chi connectivity index (χ0) is 12.1. The Hall–Kier alpha value is -1.53. The van der Waals surface area contributed by atoms with Crippen LogP contribution in [0.4, 0.5) is 0 Å². The van der Waals surface area contributed by atoms with Crippen LogP contribution in [0.1, 0.15) is 37.0 Å². The number of hydrogen-bond acceptors (Lipinski definition) is 2. The third-order valence-electron chi connectivity index (χ3n) is 2.52. The van der Waals surface area contributed by atoms with Gasteiger partial charge in [-0.1, -0.05) is 19.9 Å². The highest BCUT2D eigenvalue weighted by Gasteiger charge is 2.14. The summed E-state index contributed by atoms with van der Waals surface area (Å²) in [5, 5.41) is 9.74. The lowest BCUT2D eigenvalue weighted by atomic mass is 9.97. The molecule has 3 heteroatoms. The molecule has 0 aliphatic heterocycles. The minimum absolute atomic E-state index is 0.101. The molecule has 0 spiro atoms. The van der Waals surface area contributed by atoms with Crippen LogP contribution in [0.5, 0.6) is 5.75 Å². The van der Waals surface area contributed by atoms with Crippen LogP contribution in [0.3, 0.4) is 0 Å². The van der Waals surface area contributed by atoms with Crippen LogP contribution in [-0.2, 0) is 0 Å². The lowest BCUT2D eigenvalue weighted by Gasteiger charge is -2.14. The number of hydrogen-bond donors (Lipinski definition) is 1. The van der Waals surface area contributed by atoms with Gasteiger partial charge in [0.05, 0.1) is 7.11 Å². The summed E-state index contributed by atoms with van der Waals surface area (Å²) in [5.74, 6) is 1.16. The van der Waals surface area contributed by atoms with Crippen LogP contribution in [0.15, 0.2) is 18.2 Å². The molecule has 1 rings (SSSR count). The molecule has 0 heterocycles. The van der Waals surface area contributed by atoms with Gasteiger partial charge >= 0.3 is 0 Å². The van der Waals surface area contributed by atoms with E-state index in [9.17, 15) is 5.11 Å². The molecule has 0 saturated heterocycles. The van der Waals surface area contributed by atoms with Gasteiger partial charge in [-0.25, -0.2) is 6.57 Å². The maximum atomic E-state index is 9.74. The molecule has 0 aliphatic carbocycles. The van der Waals surface area contributed by atoms with E-state index in [0.29, 0.717) is 5.92 Å². The average molecular weight is 219 g/mol. The van der Waals surface area contributed by atoms with Gasteiger partial charge in [-0.15, -0.1) is 0 Å². The van der Waals surface area contributed by atoms with Gasteiger partial charge in [0, 0.05) is 0 Å². The van der Waals surface area contributed by atoms with Gasteiger partial charge in [-0.3, -0.25) is 0 Å². The first-order valence-electron chi connectivity index (χ1n) is 5.29. The summed E-state index contributed by atoms with van der Waals surface area (Å²) in [5.41, 5.74) is 1.84. The van der Waals surface area contributed by atoms with Crippen LogP contribution in [0.25, 0.3) is 4.85 Å². The molecule has 0 aromatic heterocycles. The zero-order valence-electron chi connectivity index (χ0n) is 9.90. The molecular weight excluding hydrogens is 202 g/mol. The zero-order valence-corrected chi connectivity index (χ0v) is 9.90. The van der Waals surface area contributed by atoms with Gasteiger partial charge in [0.1, 0.15) is 5.75 Å². The molecule has 86 valence electrons. The Morgan fingerprint density at radius 2 is 2.12 bits per heavy atom. The topological polar surface area (TPSA) is 33.8 Å². The average Bonchev–Trinajstić information content (AvgIpc) is 2.28. The highest BCUT2D eigenvalue weighted by molar-refractivity contribution is 5.40. The normalized spacial score (nSPS) is 12.2. The van der Waals surface area contributed by atoms with E-state index in [-0.39, 0.29) is 6.54 Å². The second kappa shape index (κ2) is 5.53. The van der Waals surface area contributed by atoms with Crippen molar-refractivity contribution in [2.24, 2.45) is 0 Å². The number of aliphatic hydroxyl groups is 1. The van der Waals surface area contributed by atoms with Crippen molar-refractivity contribution in [1.29, 1.82) is 0 Å². The Bertz CT molecular complexity index is 393. The van der Waals surface area contributed by atoms with Crippen LogP contribution in [0.2, 0.25) is 0 Å². The smallest absolute Gasteiger partial charge is 0.244 e. The largest absolute Gasteiger partial charge is 0.496 e. The van der Waals surface area contributed by atoms with E-state index in [4.69, 9.17) is 11.3 Å². The molecular formula is C13H17NO2. The van der Waals surface area contributed by atoms with Crippen molar-refractivity contribution in [3.05, 3.63) is 40.7 Å². The third kappa shape index (κ3) is 2.74. The van der Waals surface area contributed by atoms with Crippen LogP contribution in [0, 0.1) is 6.57 Å². The molecule has 0 fully saturated rings. The molecule has 1 N–H and O–H groups in total. The van der Waals surface area contributed by atoms with E-state index >= 15 is 0 Å². The number of aliphatic hydroxyl groups excluding tert-OH is 1. The fraction of sp³-hybridized carbons (Fsp3) is 0.462. The minimum Gasteiger partial charge on any atom is -0.496 e. The van der Waals surface area contributed by atoms with Crippen molar-refractivity contribution in [2.45, 2.75) is 25.9 Å². The fourth-order valence-corrected chi connectivity index (χ4v) is 1.60. The fourth-order valence-electron chi connectivity index (χ4n) is 1.60. The van der Waals surface area contributed by atoms with Crippen LogP contribution < -0.4 is 4.74 Å². The summed E-state index contributed by atoms with van der Waals surface area (Å²) in [4.78, 5) is 3.20. The van der Waals surface area contributed by atoms with Gasteiger partial charge in [0.15, 0.2) is 6.10 Å². The van der Waals surface area contributed by atoms with E-state index < -0.39 is 6.10 Å². The molecule has 0 amide bonds. The lowest BCUT2D eigenvalue weighted by Crippen LogP contribution is -2.03. The van der Waals surface area contributed by atoms with Crippen LogP contribution >= 0.6 is 0 Å². The summed E-state index contributed by atoms with van der Waals surface area (Å²) < 4.78 is 5.26. The van der Waals surface area contributed by atoms with Crippen molar-refractivity contribution in [3.63, 3.8) is 0 Å². The molecule has 0 saturated carbocycles. The van der Waals surface area contributed by atoms with Crippen molar-refractivity contribution >= 4 is 0 Å². The Morgan fingerprint density at radius 3 is 2.62 bits per heavy atom. The van der Waals surface area contributed by atoms with Gasteiger partial charge in [0.25, 0.3) is 0 Å². The Morgan fingerprint density at radius 1 is 1.44 bits per heavy atom. The number of methoxy groups -OCH3 is 1. The Kier molecular flexibility index (Phi) is 4.33. The van der Waals surface area contributed by atoms with E-state index in [1.807, 2.05) is 12.1 Å². The van der Waals surface area contributed by atoms with E-state index in [0.717, 1.165) is 16.9 Å². The number of rotatable bonds is 4. The number of benzene rings is 1. The quantitative estimate of drug-likeness (QED) is 0.790. The lowest BCUT2D eigenvalue weighted by molar-refractivity contribution is 0.195. The predicted molar refractivity (Wildman–Crippen MR) is 63.5 cm³/mol. The maximum Gasteiger partial charge on any atom is 0.244 e. The molecule has 0 aliphatic rings. The molecule has 16 heavy (non-hydrogen) atoms. The summed E-state index contributed by atoms with van der Waals surface area (Å²) in [6.45, 7) is 11.0. The van der Waals surface area contributed by atoms with Gasteiger partial charge in [0.2, 0.25) is 6.54 Å². The first kappa shape index (κ1) is 12.5. The van der Waals surface area contributed by atoms with Gasteiger partial charge in [-0.2, -0.15) is 0 Å².